The normalized spacial score (nSPS) is 18.3. The van der Waals surface area contributed by atoms with E-state index in [9.17, 15) is 4.57 Å². The quantitative estimate of drug-likeness (QED) is 0.463. The van der Waals surface area contributed by atoms with Gasteiger partial charge in [0.1, 0.15) is 0 Å². The van der Waals surface area contributed by atoms with Crippen molar-refractivity contribution >= 4 is 8.03 Å². The molecule has 9 heavy (non-hydrogen) atoms. The van der Waals surface area contributed by atoms with E-state index in [-0.39, 0.29) is 0 Å². The van der Waals surface area contributed by atoms with Gasteiger partial charge in [0.2, 0.25) is 5.28 Å². The van der Waals surface area contributed by atoms with Crippen molar-refractivity contribution in [3.63, 3.8) is 0 Å². The van der Waals surface area contributed by atoms with Gasteiger partial charge >= 0.3 is 8.03 Å². The second-order valence-electron chi connectivity index (χ2n) is 2.12. The number of rotatable bonds is 3. The highest BCUT2D eigenvalue weighted by molar-refractivity contribution is 7.39. The lowest BCUT2D eigenvalue weighted by atomic mass is 10.2. The van der Waals surface area contributed by atoms with Gasteiger partial charge in [0, 0.05) is 13.3 Å². The summed E-state index contributed by atoms with van der Waals surface area (Å²) in [6, 6.07) is 0. The monoisotopic (exact) mass is 148 g/mol. The fourth-order valence-corrected chi connectivity index (χ4v) is 0.656. The van der Waals surface area contributed by atoms with Crippen LogP contribution < -0.4 is 5.73 Å². The summed E-state index contributed by atoms with van der Waals surface area (Å²) in [6.45, 7) is 4.93. The molecule has 0 spiro atoms. The lowest BCUT2D eigenvalue weighted by Crippen LogP contribution is -2.30. The van der Waals surface area contributed by atoms with Gasteiger partial charge in [-0.05, 0) is 4.57 Å². The molecule has 0 aliphatic carbocycles. The molecular formula is C5H11NO2P+. The highest BCUT2D eigenvalue weighted by Gasteiger charge is 2.38. The average molecular weight is 148 g/mol. The van der Waals surface area contributed by atoms with Gasteiger partial charge in [-0.25, -0.2) is 0 Å². The molecule has 3 N–H and O–H groups in total. The van der Waals surface area contributed by atoms with E-state index >= 15 is 0 Å². The third-order valence-corrected chi connectivity index (χ3v) is 2.05. The molecule has 0 saturated heterocycles. The van der Waals surface area contributed by atoms with Crippen molar-refractivity contribution in [2.24, 2.45) is 5.73 Å². The Morgan fingerprint density at radius 2 is 2.44 bits per heavy atom. The summed E-state index contributed by atoms with van der Waals surface area (Å²) in [6.07, 6.45) is 1.89. The van der Waals surface area contributed by atoms with E-state index in [1.54, 1.807) is 0 Å². The van der Waals surface area contributed by atoms with Crippen LogP contribution in [0.1, 0.15) is 13.3 Å². The van der Waals surface area contributed by atoms with Gasteiger partial charge in [-0.1, -0.05) is 6.08 Å². The topological polar surface area (TPSA) is 63.3 Å². The van der Waals surface area contributed by atoms with Gasteiger partial charge in [-0.3, -0.25) is 5.73 Å². The summed E-state index contributed by atoms with van der Waals surface area (Å²) in [5.41, 5.74) is 5.37. The zero-order valence-electron chi connectivity index (χ0n) is 5.37. The molecule has 0 rings (SSSR count). The first-order chi connectivity index (χ1) is 4.00. The molecule has 0 fully saturated rings. The van der Waals surface area contributed by atoms with Crippen LogP contribution in [0.4, 0.5) is 0 Å². The molecule has 3 nitrogen and oxygen atoms in total. The Morgan fingerprint density at radius 3 is 2.56 bits per heavy atom. The second kappa shape index (κ2) is 3.06. The van der Waals surface area contributed by atoms with Gasteiger partial charge < -0.3 is 0 Å². The summed E-state index contributed by atoms with van der Waals surface area (Å²) in [4.78, 5) is 8.55. The van der Waals surface area contributed by atoms with Crippen molar-refractivity contribution in [2.45, 2.75) is 18.6 Å². The third-order valence-electron chi connectivity index (χ3n) is 0.995. The molecule has 0 bridgehead atoms. The lowest BCUT2D eigenvalue weighted by molar-refractivity contribution is 0.458. The van der Waals surface area contributed by atoms with Crippen LogP contribution >= 0.6 is 8.03 Å². The Morgan fingerprint density at radius 1 is 2.00 bits per heavy atom. The SMILES string of the molecule is C=CCC(C)(N)[P+](=O)O. The summed E-state index contributed by atoms with van der Waals surface area (Å²) in [5, 5.41) is -1.00. The Balaban J connectivity index is 4.00. The predicted octanol–water partition coefficient (Wildman–Crippen LogP) is 0.972. The first kappa shape index (κ1) is 8.76. The van der Waals surface area contributed by atoms with Crippen LogP contribution in [0.2, 0.25) is 0 Å². The molecular weight excluding hydrogens is 137 g/mol. The Bertz CT molecular complexity index is 133. The average Bonchev–Trinajstić information content (AvgIpc) is 1.65. The maximum Gasteiger partial charge on any atom is 0.527 e. The maximum absolute atomic E-state index is 10.4. The minimum absolute atomic E-state index is 0.360. The molecule has 0 saturated carbocycles. The number of hydrogen-bond donors (Lipinski definition) is 2. The van der Waals surface area contributed by atoms with Gasteiger partial charge in [0.15, 0.2) is 0 Å². The summed E-state index contributed by atoms with van der Waals surface area (Å²) >= 11 is 0. The first-order valence-electron chi connectivity index (χ1n) is 2.56. The maximum atomic E-state index is 10.4. The van der Waals surface area contributed by atoms with Crippen LogP contribution in [-0.4, -0.2) is 10.2 Å². The van der Waals surface area contributed by atoms with E-state index in [2.05, 4.69) is 6.58 Å². The largest absolute Gasteiger partial charge is 0.527 e. The molecule has 4 heteroatoms. The zero-order chi connectivity index (χ0) is 7.49. The van der Waals surface area contributed by atoms with Crippen molar-refractivity contribution in [1.82, 2.24) is 0 Å². The Kier molecular flexibility index (Phi) is 2.98. The summed E-state index contributed by atoms with van der Waals surface area (Å²) in [5.74, 6) is 0. The van der Waals surface area contributed by atoms with E-state index in [1.807, 2.05) is 0 Å². The fourth-order valence-electron chi connectivity index (χ4n) is 0.370. The molecule has 0 aliphatic heterocycles. The fraction of sp³-hybridized carbons (Fsp3) is 0.600. The summed E-state index contributed by atoms with van der Waals surface area (Å²) in [7, 11) is -2.29. The highest BCUT2D eigenvalue weighted by Crippen LogP contribution is 2.32. The first-order valence-corrected chi connectivity index (χ1v) is 3.78. The molecule has 0 aromatic heterocycles. The molecule has 0 amide bonds. The van der Waals surface area contributed by atoms with Crippen LogP contribution in [0.25, 0.3) is 0 Å². The molecule has 0 aliphatic rings. The second-order valence-corrected chi connectivity index (χ2v) is 3.69. The van der Waals surface area contributed by atoms with E-state index in [0.29, 0.717) is 6.42 Å². The van der Waals surface area contributed by atoms with Gasteiger partial charge in [-0.15, -0.1) is 6.58 Å². The van der Waals surface area contributed by atoms with Gasteiger partial charge in [0.25, 0.3) is 0 Å². The lowest BCUT2D eigenvalue weighted by Gasteiger charge is -2.04. The van der Waals surface area contributed by atoms with Crippen LogP contribution in [0, 0.1) is 0 Å². The number of nitrogens with two attached hydrogens (primary N) is 1. The van der Waals surface area contributed by atoms with Crippen molar-refractivity contribution in [3.05, 3.63) is 12.7 Å². The minimum Gasteiger partial charge on any atom is -0.282 e. The van der Waals surface area contributed by atoms with Crippen LogP contribution in [-0.2, 0) is 4.57 Å². The predicted molar refractivity (Wildman–Crippen MR) is 37.2 cm³/mol. The van der Waals surface area contributed by atoms with Gasteiger partial charge in [0.05, 0.1) is 0 Å². The molecule has 2 atom stereocenters. The van der Waals surface area contributed by atoms with E-state index in [4.69, 9.17) is 10.6 Å². The van der Waals surface area contributed by atoms with Gasteiger partial charge in [-0.2, -0.15) is 4.89 Å². The van der Waals surface area contributed by atoms with Crippen LogP contribution in [0.3, 0.4) is 0 Å². The van der Waals surface area contributed by atoms with E-state index < -0.39 is 13.3 Å². The van der Waals surface area contributed by atoms with Crippen molar-refractivity contribution in [2.75, 3.05) is 0 Å². The van der Waals surface area contributed by atoms with E-state index in [1.165, 1.54) is 13.0 Å². The van der Waals surface area contributed by atoms with Crippen LogP contribution in [0.15, 0.2) is 12.7 Å². The Labute approximate surface area is 55.4 Å². The zero-order valence-corrected chi connectivity index (χ0v) is 6.27. The van der Waals surface area contributed by atoms with Crippen molar-refractivity contribution in [3.8, 4) is 0 Å². The van der Waals surface area contributed by atoms with E-state index in [0.717, 1.165) is 0 Å². The molecule has 0 radical (unpaired) electrons. The molecule has 0 aromatic carbocycles. The minimum atomic E-state index is -2.29. The number of hydrogen-bond acceptors (Lipinski definition) is 2. The standard InChI is InChI=1S/C5H10NO2P/c1-3-4-5(2,6)9(7)8/h3H,1,4,6H2,2H3/p+1. The molecule has 52 valence electrons. The third kappa shape index (κ3) is 2.70. The van der Waals surface area contributed by atoms with Crippen molar-refractivity contribution < 1.29 is 9.46 Å². The molecule has 0 aromatic rings. The Hall–Kier alpha value is -0.240. The molecule has 2 unspecified atom stereocenters. The van der Waals surface area contributed by atoms with Crippen LogP contribution in [0.5, 0.6) is 0 Å². The molecule has 0 heterocycles. The summed E-state index contributed by atoms with van der Waals surface area (Å²) < 4.78 is 10.4. The smallest absolute Gasteiger partial charge is 0.282 e. The van der Waals surface area contributed by atoms with Crippen molar-refractivity contribution in [1.29, 1.82) is 0 Å². The highest BCUT2D eigenvalue weighted by atomic mass is 31.1.